The first-order valence-electron chi connectivity index (χ1n) is 9.53. The molecule has 10 nitrogen and oxygen atoms in total. The van der Waals surface area contributed by atoms with Gasteiger partial charge in [0.25, 0.3) is 5.69 Å². The summed E-state index contributed by atoms with van der Waals surface area (Å²) in [6, 6.07) is 7.79. The van der Waals surface area contributed by atoms with Gasteiger partial charge in [-0.25, -0.2) is 8.42 Å². The Morgan fingerprint density at radius 3 is 2.39 bits per heavy atom. The van der Waals surface area contributed by atoms with E-state index in [0.717, 1.165) is 23.1 Å². The number of nitrogens with zero attached hydrogens (tertiary/aromatic N) is 2. The first kappa shape index (κ1) is 22.7. The van der Waals surface area contributed by atoms with Crippen LogP contribution in [0.2, 0.25) is 5.02 Å². The number of carbonyl (C=O) groups is 2. The number of carbonyl (C=O) groups excluding carboxylic acids is 2. The van der Waals surface area contributed by atoms with Crippen molar-refractivity contribution in [2.24, 2.45) is 0 Å². The molecule has 0 aliphatic carbocycles. The Hall–Kier alpha value is -3.44. The van der Waals surface area contributed by atoms with E-state index in [4.69, 9.17) is 21.1 Å². The first-order chi connectivity index (χ1) is 15.6. The second kappa shape index (κ2) is 7.85. The van der Waals surface area contributed by atoms with Crippen LogP contribution in [0.25, 0.3) is 6.08 Å². The van der Waals surface area contributed by atoms with Gasteiger partial charge in [-0.1, -0.05) is 11.6 Å². The number of ether oxygens (including phenoxy) is 2. The van der Waals surface area contributed by atoms with Gasteiger partial charge in [0.05, 0.1) is 32.1 Å². The van der Waals surface area contributed by atoms with Crippen LogP contribution in [0.3, 0.4) is 0 Å². The summed E-state index contributed by atoms with van der Waals surface area (Å²) in [5.74, 6) is -1.09. The fraction of sp³-hybridized carbons (Fsp3) is 0.238. The number of rotatable bonds is 6. The van der Waals surface area contributed by atoms with E-state index >= 15 is 0 Å². The number of hydrogen-bond acceptors (Lipinski definition) is 8. The van der Waals surface area contributed by atoms with Crippen LogP contribution in [0.4, 0.5) is 5.69 Å². The summed E-state index contributed by atoms with van der Waals surface area (Å²) >= 11 is 6.04. The van der Waals surface area contributed by atoms with E-state index in [1.165, 1.54) is 20.3 Å². The van der Waals surface area contributed by atoms with Crippen LogP contribution in [0, 0.1) is 10.1 Å². The van der Waals surface area contributed by atoms with Gasteiger partial charge >= 0.3 is 0 Å². The zero-order chi connectivity index (χ0) is 24.1. The Balaban J connectivity index is 1.86. The summed E-state index contributed by atoms with van der Waals surface area (Å²) in [5, 5.41) is 11.6. The zero-order valence-electron chi connectivity index (χ0n) is 17.4. The molecule has 1 atom stereocenters. The van der Waals surface area contributed by atoms with Crippen molar-refractivity contribution in [2.75, 3.05) is 20.8 Å². The lowest BCUT2D eigenvalue weighted by Crippen LogP contribution is -2.67. The molecule has 0 N–H and O–H groups in total. The molecule has 1 unspecified atom stereocenters. The van der Waals surface area contributed by atoms with Crippen LogP contribution < -0.4 is 9.47 Å². The van der Waals surface area contributed by atoms with Crippen molar-refractivity contribution in [3.63, 3.8) is 0 Å². The average molecular weight is 493 g/mol. The molecule has 2 saturated heterocycles. The maximum Gasteiger partial charge on any atom is 0.271 e. The summed E-state index contributed by atoms with van der Waals surface area (Å²) in [7, 11) is -1.97. The molecule has 2 fully saturated rings. The van der Waals surface area contributed by atoms with Gasteiger partial charge in [-0.05, 0) is 30.3 Å². The van der Waals surface area contributed by atoms with Crippen molar-refractivity contribution < 1.29 is 32.4 Å². The van der Waals surface area contributed by atoms with E-state index in [1.54, 1.807) is 18.2 Å². The maximum atomic E-state index is 13.7. The predicted octanol–water partition coefficient (Wildman–Crippen LogP) is 2.63. The standard InChI is InChI=1S/C21H17ClN2O8S/c1-31-16-5-3-14(22)8-12(16)7-13-11-23-19(25)10-21(23,20(13)26)33(29,30)18-9-15(24(27)28)4-6-17(18)32-2/h3-9H,10-11H2,1-2H3. The van der Waals surface area contributed by atoms with Crippen LogP contribution in [0.5, 0.6) is 11.5 Å². The summed E-state index contributed by atoms with van der Waals surface area (Å²) in [5.41, 5.74) is 0.00557. The number of sulfone groups is 1. The number of amides is 1. The lowest BCUT2D eigenvalue weighted by Gasteiger charge is -2.44. The summed E-state index contributed by atoms with van der Waals surface area (Å²) < 4.78 is 37.8. The number of nitro groups is 1. The van der Waals surface area contributed by atoms with Gasteiger partial charge < -0.3 is 14.4 Å². The molecule has 0 spiro atoms. The number of benzene rings is 2. The predicted molar refractivity (Wildman–Crippen MR) is 117 cm³/mol. The highest BCUT2D eigenvalue weighted by Crippen LogP contribution is 2.50. The topological polar surface area (TPSA) is 133 Å². The van der Waals surface area contributed by atoms with Crippen molar-refractivity contribution in [3.05, 3.63) is 62.7 Å². The van der Waals surface area contributed by atoms with Crippen molar-refractivity contribution in [2.45, 2.75) is 16.2 Å². The molecule has 0 bridgehead atoms. The molecule has 2 aliphatic heterocycles. The molecule has 1 amide bonds. The minimum absolute atomic E-state index is 0.0642. The normalized spacial score (nSPS) is 21.1. The molecule has 2 aromatic carbocycles. The van der Waals surface area contributed by atoms with Gasteiger partial charge in [0.2, 0.25) is 26.4 Å². The van der Waals surface area contributed by atoms with Gasteiger partial charge in [0, 0.05) is 28.3 Å². The highest BCUT2D eigenvalue weighted by atomic mass is 35.5. The molecular formula is C21H17ClN2O8S. The monoisotopic (exact) mass is 492 g/mol. The van der Waals surface area contributed by atoms with Crippen molar-refractivity contribution >= 4 is 44.9 Å². The first-order valence-corrected chi connectivity index (χ1v) is 11.4. The molecule has 33 heavy (non-hydrogen) atoms. The number of nitro benzene ring substituents is 1. The number of hydrogen-bond donors (Lipinski definition) is 0. The lowest BCUT2D eigenvalue weighted by atomic mass is 9.99. The van der Waals surface area contributed by atoms with Gasteiger partial charge in [-0.15, -0.1) is 0 Å². The fourth-order valence-corrected chi connectivity index (χ4v) is 6.45. The number of halogens is 1. The summed E-state index contributed by atoms with van der Waals surface area (Å²) in [4.78, 5) is 34.5. The fourth-order valence-electron chi connectivity index (χ4n) is 4.07. The highest BCUT2D eigenvalue weighted by Gasteiger charge is 2.70. The maximum absolute atomic E-state index is 13.7. The molecule has 0 aromatic heterocycles. The zero-order valence-corrected chi connectivity index (χ0v) is 19.0. The number of Topliss-reactive ketones (excluding diaryl/α,β-unsaturated/α-hetero) is 1. The number of β-lactam (4-membered cyclic amide) rings is 1. The quantitative estimate of drug-likeness (QED) is 0.260. The Bertz CT molecular complexity index is 1350. The van der Waals surface area contributed by atoms with Crippen LogP contribution in [0.1, 0.15) is 12.0 Å². The second-order valence-corrected chi connectivity index (χ2v) is 9.98. The van der Waals surface area contributed by atoms with Gasteiger partial charge in [0.15, 0.2) is 0 Å². The van der Waals surface area contributed by atoms with Crippen molar-refractivity contribution in [3.8, 4) is 11.5 Å². The molecule has 172 valence electrons. The van der Waals surface area contributed by atoms with E-state index in [0.29, 0.717) is 16.3 Å². The minimum atomic E-state index is -4.60. The van der Waals surface area contributed by atoms with Crippen LogP contribution in [-0.4, -0.2) is 55.6 Å². The molecule has 12 heteroatoms. The Morgan fingerprint density at radius 1 is 1.12 bits per heavy atom. The molecule has 0 saturated carbocycles. The molecular weight excluding hydrogens is 476 g/mol. The number of ketones is 1. The van der Waals surface area contributed by atoms with Crippen LogP contribution in [0.15, 0.2) is 46.9 Å². The third-order valence-electron chi connectivity index (χ3n) is 5.72. The van der Waals surface area contributed by atoms with Gasteiger partial charge in [-0.2, -0.15) is 0 Å². The van der Waals surface area contributed by atoms with Gasteiger partial charge in [-0.3, -0.25) is 19.7 Å². The van der Waals surface area contributed by atoms with E-state index in [-0.39, 0.29) is 17.9 Å². The van der Waals surface area contributed by atoms with Crippen molar-refractivity contribution in [1.82, 2.24) is 4.90 Å². The third-order valence-corrected chi connectivity index (χ3v) is 8.29. The van der Waals surface area contributed by atoms with Crippen LogP contribution in [-0.2, 0) is 19.4 Å². The number of fused-ring (bicyclic) bond motifs is 1. The number of non-ortho nitro benzene ring substituents is 1. The lowest BCUT2D eigenvalue weighted by molar-refractivity contribution is -0.385. The van der Waals surface area contributed by atoms with E-state index in [9.17, 15) is 28.1 Å². The third kappa shape index (κ3) is 3.26. The summed E-state index contributed by atoms with van der Waals surface area (Å²) in [6.07, 6.45) is 0.852. The second-order valence-electron chi connectivity index (χ2n) is 7.42. The smallest absolute Gasteiger partial charge is 0.271 e. The molecule has 2 heterocycles. The Morgan fingerprint density at radius 2 is 1.79 bits per heavy atom. The summed E-state index contributed by atoms with van der Waals surface area (Å²) in [6.45, 7) is -0.246. The molecule has 2 aromatic rings. The average Bonchev–Trinajstić information content (AvgIpc) is 3.01. The number of methoxy groups -OCH3 is 2. The molecule has 4 rings (SSSR count). The minimum Gasteiger partial charge on any atom is -0.496 e. The van der Waals surface area contributed by atoms with E-state index in [1.807, 2.05) is 0 Å². The van der Waals surface area contributed by atoms with E-state index < -0.39 is 48.3 Å². The van der Waals surface area contributed by atoms with E-state index in [2.05, 4.69) is 0 Å². The van der Waals surface area contributed by atoms with Gasteiger partial charge in [0.1, 0.15) is 16.4 Å². The largest absolute Gasteiger partial charge is 0.496 e. The van der Waals surface area contributed by atoms with Crippen molar-refractivity contribution in [1.29, 1.82) is 0 Å². The Labute approximate surface area is 193 Å². The molecule has 0 radical (unpaired) electrons. The Kier molecular flexibility index (Phi) is 5.41. The van der Waals surface area contributed by atoms with Crippen LogP contribution >= 0.6 is 11.6 Å². The highest BCUT2D eigenvalue weighted by molar-refractivity contribution is 7.94. The SMILES string of the molecule is COc1ccc(Cl)cc1C=C1CN2C(=O)CC2(S(=O)(=O)c2cc([N+](=O)[O-])ccc2OC)C1=O. The molecule has 2 aliphatic rings.